The molecule has 0 atom stereocenters. The van der Waals surface area contributed by atoms with Gasteiger partial charge in [-0.05, 0) is 28.8 Å². The first kappa shape index (κ1) is 12.9. The fraction of sp³-hybridized carbons (Fsp3) is 0.200. The van der Waals surface area contributed by atoms with E-state index >= 15 is 0 Å². The van der Waals surface area contributed by atoms with E-state index in [2.05, 4.69) is 47.4 Å². The second-order valence-electron chi connectivity index (χ2n) is 4.66. The summed E-state index contributed by atoms with van der Waals surface area (Å²) >= 11 is 0. The lowest BCUT2D eigenvalue weighted by molar-refractivity contribution is 0.275. The third-order valence-electron chi connectivity index (χ3n) is 3.27. The summed E-state index contributed by atoms with van der Waals surface area (Å²) in [6, 6.07) is 16.8. The van der Waals surface area contributed by atoms with Gasteiger partial charge < -0.3 is 5.73 Å². The van der Waals surface area contributed by atoms with E-state index in [4.69, 9.17) is 5.73 Å². The molecule has 2 aromatic rings. The van der Waals surface area contributed by atoms with Crippen molar-refractivity contribution in [3.8, 4) is 0 Å². The zero-order chi connectivity index (χ0) is 11.7. The highest BCUT2D eigenvalue weighted by molar-refractivity contribution is 5.85. The van der Waals surface area contributed by atoms with Crippen LogP contribution in [0.3, 0.4) is 0 Å². The first-order valence-electron chi connectivity index (χ1n) is 5.95. The van der Waals surface area contributed by atoms with Crippen LogP contribution in [-0.4, -0.2) is 4.90 Å². The van der Waals surface area contributed by atoms with Crippen LogP contribution in [0.15, 0.2) is 48.5 Å². The van der Waals surface area contributed by atoms with Crippen molar-refractivity contribution < 1.29 is 0 Å². The average Bonchev–Trinajstić information content (AvgIpc) is 2.71. The molecule has 0 aromatic heterocycles. The Labute approximate surface area is 114 Å². The van der Waals surface area contributed by atoms with Gasteiger partial charge in [0.15, 0.2) is 0 Å². The Morgan fingerprint density at radius 3 is 2.44 bits per heavy atom. The summed E-state index contributed by atoms with van der Waals surface area (Å²) in [6.07, 6.45) is 0. The SMILES string of the molecule is Cl.Nc1ccc2c(c1)CN(Cc1ccccc1)C2. The zero-order valence-corrected chi connectivity index (χ0v) is 11.0. The number of rotatable bonds is 2. The van der Waals surface area contributed by atoms with E-state index in [1.807, 2.05) is 6.07 Å². The number of nitrogen functional groups attached to an aromatic ring is 1. The molecule has 0 aliphatic carbocycles. The van der Waals surface area contributed by atoms with Gasteiger partial charge in [0.1, 0.15) is 0 Å². The highest BCUT2D eigenvalue weighted by Crippen LogP contribution is 2.25. The number of nitrogens with two attached hydrogens (primary N) is 1. The number of anilines is 1. The maximum atomic E-state index is 5.81. The Morgan fingerprint density at radius 2 is 1.67 bits per heavy atom. The molecule has 0 unspecified atom stereocenters. The molecule has 18 heavy (non-hydrogen) atoms. The monoisotopic (exact) mass is 260 g/mol. The first-order chi connectivity index (χ1) is 8.31. The van der Waals surface area contributed by atoms with Gasteiger partial charge in [-0.2, -0.15) is 0 Å². The summed E-state index contributed by atoms with van der Waals surface area (Å²) in [5.41, 5.74) is 10.8. The molecule has 2 nitrogen and oxygen atoms in total. The first-order valence-corrected chi connectivity index (χ1v) is 5.95. The normalized spacial score (nSPS) is 14.0. The summed E-state index contributed by atoms with van der Waals surface area (Å²) in [4.78, 5) is 2.44. The van der Waals surface area contributed by atoms with Gasteiger partial charge in [0.05, 0.1) is 0 Å². The minimum absolute atomic E-state index is 0. The molecule has 1 aliphatic rings. The molecule has 2 N–H and O–H groups in total. The predicted molar refractivity (Wildman–Crippen MR) is 77.5 cm³/mol. The van der Waals surface area contributed by atoms with Crippen molar-refractivity contribution in [2.45, 2.75) is 19.6 Å². The third-order valence-corrected chi connectivity index (χ3v) is 3.27. The molecule has 0 radical (unpaired) electrons. The van der Waals surface area contributed by atoms with Crippen molar-refractivity contribution in [1.29, 1.82) is 0 Å². The van der Waals surface area contributed by atoms with Gasteiger partial charge in [0, 0.05) is 25.3 Å². The molecule has 3 rings (SSSR count). The van der Waals surface area contributed by atoms with Crippen LogP contribution in [-0.2, 0) is 19.6 Å². The van der Waals surface area contributed by atoms with Crippen LogP contribution >= 0.6 is 12.4 Å². The number of nitrogens with zero attached hydrogens (tertiary/aromatic N) is 1. The number of fused-ring (bicyclic) bond motifs is 1. The van der Waals surface area contributed by atoms with Gasteiger partial charge >= 0.3 is 0 Å². The topological polar surface area (TPSA) is 29.3 Å². The molecule has 0 bridgehead atoms. The minimum atomic E-state index is 0. The van der Waals surface area contributed by atoms with E-state index in [9.17, 15) is 0 Å². The molecular formula is C15H17ClN2. The van der Waals surface area contributed by atoms with Crippen molar-refractivity contribution in [3.63, 3.8) is 0 Å². The maximum Gasteiger partial charge on any atom is 0.0317 e. The van der Waals surface area contributed by atoms with Crippen LogP contribution in [0.1, 0.15) is 16.7 Å². The molecule has 3 heteroatoms. The Hall–Kier alpha value is -1.51. The molecule has 0 fully saturated rings. The van der Waals surface area contributed by atoms with Gasteiger partial charge in [-0.25, -0.2) is 0 Å². The van der Waals surface area contributed by atoms with Gasteiger partial charge in [-0.15, -0.1) is 12.4 Å². The molecule has 0 saturated carbocycles. The van der Waals surface area contributed by atoms with Crippen molar-refractivity contribution in [3.05, 3.63) is 65.2 Å². The zero-order valence-electron chi connectivity index (χ0n) is 10.2. The van der Waals surface area contributed by atoms with Gasteiger partial charge in [0.2, 0.25) is 0 Å². The molecule has 0 saturated heterocycles. The lowest BCUT2D eigenvalue weighted by Gasteiger charge is -2.14. The molecule has 2 aromatic carbocycles. The molecule has 1 aliphatic heterocycles. The predicted octanol–water partition coefficient (Wildman–Crippen LogP) is 3.21. The molecular weight excluding hydrogens is 244 g/mol. The number of hydrogen-bond acceptors (Lipinski definition) is 2. The number of halogens is 1. The summed E-state index contributed by atoms with van der Waals surface area (Å²) in [5, 5.41) is 0. The van der Waals surface area contributed by atoms with Crippen molar-refractivity contribution in [1.82, 2.24) is 4.90 Å². The van der Waals surface area contributed by atoms with Gasteiger partial charge in [-0.3, -0.25) is 4.90 Å². The largest absolute Gasteiger partial charge is 0.399 e. The number of benzene rings is 2. The maximum absolute atomic E-state index is 5.81. The van der Waals surface area contributed by atoms with Gasteiger partial charge in [-0.1, -0.05) is 36.4 Å². The van der Waals surface area contributed by atoms with E-state index in [0.29, 0.717) is 0 Å². The van der Waals surface area contributed by atoms with Crippen LogP contribution in [0, 0.1) is 0 Å². The van der Waals surface area contributed by atoms with Crippen LogP contribution in [0.5, 0.6) is 0 Å². The van der Waals surface area contributed by atoms with Crippen molar-refractivity contribution >= 4 is 18.1 Å². The van der Waals surface area contributed by atoms with Crippen LogP contribution in [0.25, 0.3) is 0 Å². The average molecular weight is 261 g/mol. The van der Waals surface area contributed by atoms with Crippen LogP contribution in [0.4, 0.5) is 5.69 Å². The Bertz CT molecular complexity index is 525. The van der Waals surface area contributed by atoms with Crippen molar-refractivity contribution in [2.75, 3.05) is 5.73 Å². The van der Waals surface area contributed by atoms with E-state index in [0.717, 1.165) is 25.3 Å². The highest BCUT2D eigenvalue weighted by Gasteiger charge is 2.18. The minimum Gasteiger partial charge on any atom is -0.399 e. The lowest BCUT2D eigenvalue weighted by atomic mass is 10.1. The summed E-state index contributed by atoms with van der Waals surface area (Å²) in [5.74, 6) is 0. The quantitative estimate of drug-likeness (QED) is 0.841. The smallest absolute Gasteiger partial charge is 0.0317 e. The summed E-state index contributed by atoms with van der Waals surface area (Å²) in [6.45, 7) is 3.05. The standard InChI is InChI=1S/C15H16N2.ClH/c16-15-7-6-13-10-17(11-14(13)8-15)9-12-4-2-1-3-5-12;/h1-8H,9-11,16H2;1H. The third kappa shape index (κ3) is 2.66. The van der Waals surface area contributed by atoms with Crippen LogP contribution < -0.4 is 5.73 Å². The lowest BCUT2D eigenvalue weighted by Crippen LogP contribution is -2.15. The summed E-state index contributed by atoms with van der Waals surface area (Å²) < 4.78 is 0. The van der Waals surface area contributed by atoms with E-state index in [1.54, 1.807) is 0 Å². The Morgan fingerprint density at radius 1 is 0.944 bits per heavy atom. The second-order valence-corrected chi connectivity index (χ2v) is 4.66. The molecule has 0 spiro atoms. The molecule has 94 valence electrons. The van der Waals surface area contributed by atoms with E-state index in [1.165, 1.54) is 16.7 Å². The Kier molecular flexibility index (Phi) is 3.90. The number of hydrogen-bond donors (Lipinski definition) is 1. The summed E-state index contributed by atoms with van der Waals surface area (Å²) in [7, 11) is 0. The van der Waals surface area contributed by atoms with Gasteiger partial charge in [0.25, 0.3) is 0 Å². The fourth-order valence-corrected chi connectivity index (χ4v) is 2.44. The van der Waals surface area contributed by atoms with Crippen molar-refractivity contribution in [2.24, 2.45) is 0 Å². The van der Waals surface area contributed by atoms with E-state index in [-0.39, 0.29) is 12.4 Å². The molecule has 1 heterocycles. The fourth-order valence-electron chi connectivity index (χ4n) is 2.44. The second kappa shape index (κ2) is 5.42. The van der Waals surface area contributed by atoms with E-state index < -0.39 is 0 Å². The molecule has 0 amide bonds. The highest BCUT2D eigenvalue weighted by atomic mass is 35.5. The Balaban J connectivity index is 0.00000120. The van der Waals surface area contributed by atoms with Crippen LogP contribution in [0.2, 0.25) is 0 Å².